The smallest absolute Gasteiger partial charge is 0.306 e. The molecule has 0 radical (unpaired) electrons. The van der Waals surface area contributed by atoms with Gasteiger partial charge in [0.15, 0.2) is 5.96 Å². The molecule has 0 spiro atoms. The van der Waals surface area contributed by atoms with Crippen molar-refractivity contribution in [2.24, 2.45) is 22.4 Å². The standard InChI is InChI=1S/C25H33N3O4/c1-14-15(2)22-20(16(3)21(14)29)10-12-25(4,32-22)11-9-18(23(30)31)13-17-5-7-19(8-6-17)28-24(26)27/h5-8,18,29H,9-13H2,1-4H3,(H,30,31)(H4,26,27,28). The summed E-state index contributed by atoms with van der Waals surface area (Å²) in [7, 11) is 0. The number of nitrogens with two attached hydrogens (primary N) is 2. The van der Waals surface area contributed by atoms with E-state index in [4.69, 9.17) is 16.2 Å². The number of hydrogen-bond acceptors (Lipinski definition) is 4. The van der Waals surface area contributed by atoms with Gasteiger partial charge in [0.1, 0.15) is 17.1 Å². The van der Waals surface area contributed by atoms with Crippen LogP contribution in [-0.4, -0.2) is 27.7 Å². The molecule has 7 heteroatoms. The number of ether oxygens (including phenoxy) is 1. The molecule has 1 heterocycles. The molecule has 0 aliphatic carbocycles. The summed E-state index contributed by atoms with van der Waals surface area (Å²) in [5.74, 6) is -0.167. The average molecular weight is 440 g/mol. The van der Waals surface area contributed by atoms with Crippen molar-refractivity contribution >= 4 is 17.6 Å². The Kier molecular flexibility index (Phi) is 6.67. The molecule has 32 heavy (non-hydrogen) atoms. The molecule has 0 bridgehead atoms. The highest BCUT2D eigenvalue weighted by Crippen LogP contribution is 2.44. The monoisotopic (exact) mass is 439 g/mol. The average Bonchev–Trinajstić information content (AvgIpc) is 2.74. The number of nitrogens with zero attached hydrogens (tertiary/aromatic N) is 1. The zero-order valence-electron chi connectivity index (χ0n) is 19.2. The van der Waals surface area contributed by atoms with Crippen LogP contribution in [-0.2, 0) is 17.6 Å². The maximum absolute atomic E-state index is 11.9. The number of rotatable bonds is 7. The fourth-order valence-electron chi connectivity index (χ4n) is 4.40. The Bertz CT molecular complexity index is 1040. The number of carboxylic acid groups (broad SMARTS) is 1. The number of aromatic hydroxyl groups is 1. The Balaban J connectivity index is 1.71. The number of phenolic OH excluding ortho intramolecular Hbond substituents is 1. The molecule has 1 aliphatic heterocycles. The normalized spacial score (nSPS) is 18.4. The van der Waals surface area contributed by atoms with Gasteiger partial charge >= 0.3 is 5.97 Å². The second-order valence-corrected chi connectivity index (χ2v) is 9.06. The topological polar surface area (TPSA) is 131 Å². The Labute approximate surface area is 189 Å². The van der Waals surface area contributed by atoms with E-state index >= 15 is 0 Å². The molecule has 0 amide bonds. The van der Waals surface area contributed by atoms with E-state index in [9.17, 15) is 15.0 Å². The minimum atomic E-state index is -0.814. The Morgan fingerprint density at radius 1 is 1.16 bits per heavy atom. The predicted octanol–water partition coefficient (Wildman–Crippen LogP) is 4.03. The summed E-state index contributed by atoms with van der Waals surface area (Å²) in [6, 6.07) is 7.26. The number of fused-ring (bicyclic) bond motifs is 1. The first kappa shape index (κ1) is 23.4. The van der Waals surface area contributed by atoms with E-state index in [1.807, 2.05) is 32.9 Å². The molecule has 6 N–H and O–H groups in total. The predicted molar refractivity (Wildman–Crippen MR) is 126 cm³/mol. The number of aliphatic carboxylic acids is 1. The number of phenols is 1. The van der Waals surface area contributed by atoms with Gasteiger partial charge in [-0.15, -0.1) is 0 Å². The van der Waals surface area contributed by atoms with E-state index < -0.39 is 17.5 Å². The van der Waals surface area contributed by atoms with Crippen LogP contribution < -0.4 is 16.2 Å². The molecule has 0 fully saturated rings. The zero-order chi connectivity index (χ0) is 23.6. The molecule has 1 aliphatic rings. The van der Waals surface area contributed by atoms with Gasteiger partial charge in [0.05, 0.1) is 11.6 Å². The number of benzene rings is 2. The third kappa shape index (κ3) is 4.98. The molecule has 172 valence electrons. The van der Waals surface area contributed by atoms with Crippen molar-refractivity contribution in [3.63, 3.8) is 0 Å². The SMILES string of the molecule is Cc1c(C)c2c(c(C)c1O)CCC(C)(CCC(Cc1ccc(N=C(N)N)cc1)C(=O)O)O2. The molecule has 3 rings (SSSR count). The lowest BCUT2D eigenvalue weighted by Gasteiger charge is -2.38. The number of aliphatic imine (C=N–C) groups is 1. The maximum atomic E-state index is 11.9. The van der Waals surface area contributed by atoms with E-state index in [-0.39, 0.29) is 5.96 Å². The van der Waals surface area contributed by atoms with Gasteiger partial charge in [-0.05, 0) is 94.2 Å². The molecule has 2 atom stereocenters. The van der Waals surface area contributed by atoms with Crippen LogP contribution in [0.15, 0.2) is 29.3 Å². The number of carboxylic acids is 1. The quantitative estimate of drug-likeness (QED) is 0.380. The van der Waals surface area contributed by atoms with E-state index in [1.165, 1.54) is 0 Å². The molecular formula is C25H33N3O4. The second kappa shape index (κ2) is 9.10. The molecule has 7 nitrogen and oxygen atoms in total. The van der Waals surface area contributed by atoms with Crippen molar-refractivity contribution in [2.75, 3.05) is 0 Å². The maximum Gasteiger partial charge on any atom is 0.306 e. The Morgan fingerprint density at radius 3 is 2.41 bits per heavy atom. The lowest BCUT2D eigenvalue weighted by molar-refractivity contribution is -0.142. The van der Waals surface area contributed by atoms with Crippen molar-refractivity contribution in [1.82, 2.24) is 0 Å². The first-order chi connectivity index (χ1) is 15.0. The first-order valence-electron chi connectivity index (χ1n) is 10.9. The largest absolute Gasteiger partial charge is 0.507 e. The highest BCUT2D eigenvalue weighted by Gasteiger charge is 2.35. The highest BCUT2D eigenvalue weighted by atomic mass is 16.5. The van der Waals surface area contributed by atoms with Crippen LogP contribution in [0, 0.1) is 26.7 Å². The van der Waals surface area contributed by atoms with Crippen molar-refractivity contribution in [1.29, 1.82) is 0 Å². The minimum absolute atomic E-state index is 0.0145. The lowest BCUT2D eigenvalue weighted by Crippen LogP contribution is -2.38. The van der Waals surface area contributed by atoms with Crippen LogP contribution in [0.2, 0.25) is 0 Å². The zero-order valence-corrected chi connectivity index (χ0v) is 19.2. The third-order valence-electron chi connectivity index (χ3n) is 6.64. The van der Waals surface area contributed by atoms with Crippen molar-refractivity contribution in [3.05, 3.63) is 52.1 Å². The van der Waals surface area contributed by atoms with Gasteiger partial charge in [0, 0.05) is 5.56 Å². The van der Waals surface area contributed by atoms with Crippen LogP contribution in [0.4, 0.5) is 5.69 Å². The summed E-state index contributed by atoms with van der Waals surface area (Å²) in [5.41, 5.74) is 15.6. The summed E-state index contributed by atoms with van der Waals surface area (Å²) in [5, 5.41) is 20.2. The number of carbonyl (C=O) groups is 1. The molecule has 2 unspecified atom stereocenters. The van der Waals surface area contributed by atoms with Crippen LogP contribution in [0.1, 0.15) is 54.0 Å². The van der Waals surface area contributed by atoms with Crippen molar-refractivity contribution in [2.45, 2.75) is 65.4 Å². The van der Waals surface area contributed by atoms with Gasteiger partial charge in [0.2, 0.25) is 0 Å². The van der Waals surface area contributed by atoms with Gasteiger partial charge in [0.25, 0.3) is 0 Å². The van der Waals surface area contributed by atoms with Crippen LogP contribution in [0.25, 0.3) is 0 Å². The first-order valence-corrected chi connectivity index (χ1v) is 10.9. The Hall–Kier alpha value is -3.22. The fraction of sp³-hybridized carbons (Fsp3) is 0.440. The molecule has 0 aromatic heterocycles. The number of hydrogen-bond donors (Lipinski definition) is 4. The van der Waals surface area contributed by atoms with Crippen LogP contribution in [0.5, 0.6) is 11.5 Å². The Morgan fingerprint density at radius 2 is 1.81 bits per heavy atom. The molecule has 0 saturated carbocycles. The summed E-state index contributed by atoms with van der Waals surface area (Å²) in [6.45, 7) is 7.83. The molecule has 2 aromatic carbocycles. The van der Waals surface area contributed by atoms with Crippen LogP contribution >= 0.6 is 0 Å². The van der Waals surface area contributed by atoms with E-state index in [0.29, 0.717) is 30.7 Å². The lowest BCUT2D eigenvalue weighted by atomic mass is 9.82. The number of guanidine groups is 1. The van der Waals surface area contributed by atoms with Gasteiger partial charge < -0.3 is 26.4 Å². The fourth-order valence-corrected chi connectivity index (χ4v) is 4.40. The van der Waals surface area contributed by atoms with Gasteiger partial charge in [-0.25, -0.2) is 4.99 Å². The third-order valence-corrected chi connectivity index (χ3v) is 6.64. The van der Waals surface area contributed by atoms with E-state index in [2.05, 4.69) is 11.9 Å². The van der Waals surface area contributed by atoms with Gasteiger partial charge in [-0.3, -0.25) is 4.79 Å². The summed E-state index contributed by atoms with van der Waals surface area (Å²) in [4.78, 5) is 15.9. The van der Waals surface area contributed by atoms with Crippen LogP contribution in [0.3, 0.4) is 0 Å². The summed E-state index contributed by atoms with van der Waals surface area (Å²) in [6.07, 6.45) is 3.15. The van der Waals surface area contributed by atoms with Gasteiger partial charge in [-0.1, -0.05) is 12.1 Å². The highest BCUT2D eigenvalue weighted by molar-refractivity contribution is 5.79. The summed E-state index contributed by atoms with van der Waals surface area (Å²) < 4.78 is 6.46. The molecule has 0 saturated heterocycles. The van der Waals surface area contributed by atoms with Crippen molar-refractivity contribution < 1.29 is 19.7 Å². The summed E-state index contributed by atoms with van der Waals surface area (Å²) >= 11 is 0. The van der Waals surface area contributed by atoms with Gasteiger partial charge in [-0.2, -0.15) is 0 Å². The minimum Gasteiger partial charge on any atom is -0.507 e. The van der Waals surface area contributed by atoms with E-state index in [0.717, 1.165) is 46.4 Å². The second-order valence-electron chi connectivity index (χ2n) is 9.06. The van der Waals surface area contributed by atoms with Crippen molar-refractivity contribution in [3.8, 4) is 11.5 Å². The van der Waals surface area contributed by atoms with E-state index in [1.54, 1.807) is 12.1 Å². The molecule has 2 aromatic rings. The molecular weight excluding hydrogens is 406 g/mol.